The Balaban J connectivity index is 2.41. The first-order valence-electron chi connectivity index (χ1n) is 5.00. The minimum atomic E-state index is 0.270. The molecule has 0 aliphatic heterocycles. The van der Waals surface area contributed by atoms with Crippen molar-refractivity contribution in [2.24, 2.45) is 0 Å². The van der Waals surface area contributed by atoms with Gasteiger partial charge in [-0.2, -0.15) is 0 Å². The molecule has 1 aromatic rings. The quantitative estimate of drug-likeness (QED) is 0.640. The molecule has 0 saturated carbocycles. The zero-order chi connectivity index (χ0) is 11.3. The lowest BCUT2D eigenvalue weighted by atomic mass is 10.3. The van der Waals surface area contributed by atoms with Crippen LogP contribution in [0.1, 0.15) is 13.8 Å². The average molecular weight is 273 g/mol. The number of hydrogen-bond donors (Lipinski definition) is 2. The summed E-state index contributed by atoms with van der Waals surface area (Å²) in [4.78, 5) is 0. The van der Waals surface area contributed by atoms with Crippen LogP contribution < -0.4 is 11.1 Å². The summed E-state index contributed by atoms with van der Waals surface area (Å²) in [6.07, 6.45) is 0.270. The maximum Gasteiger partial charge on any atom is 0.0694 e. The summed E-state index contributed by atoms with van der Waals surface area (Å²) in [6, 6.07) is 5.83. The number of benzene rings is 1. The Morgan fingerprint density at radius 1 is 1.47 bits per heavy atom. The van der Waals surface area contributed by atoms with Gasteiger partial charge < -0.3 is 15.8 Å². The van der Waals surface area contributed by atoms with Gasteiger partial charge in [-0.05, 0) is 41.9 Å². The average Bonchev–Trinajstić information content (AvgIpc) is 2.18. The van der Waals surface area contributed by atoms with Gasteiger partial charge >= 0.3 is 0 Å². The minimum absolute atomic E-state index is 0.270. The molecule has 0 atom stereocenters. The summed E-state index contributed by atoms with van der Waals surface area (Å²) in [5.41, 5.74) is 7.55. The highest BCUT2D eigenvalue weighted by Crippen LogP contribution is 2.26. The topological polar surface area (TPSA) is 47.3 Å². The molecule has 0 unspecified atom stereocenters. The number of anilines is 2. The van der Waals surface area contributed by atoms with E-state index in [2.05, 4.69) is 21.2 Å². The fourth-order valence-electron chi connectivity index (χ4n) is 1.17. The van der Waals surface area contributed by atoms with Crippen LogP contribution in [0.3, 0.4) is 0 Å². The van der Waals surface area contributed by atoms with E-state index in [1.807, 2.05) is 32.0 Å². The molecule has 4 heteroatoms. The Morgan fingerprint density at radius 3 is 2.87 bits per heavy atom. The van der Waals surface area contributed by atoms with E-state index in [1.54, 1.807) is 0 Å². The van der Waals surface area contributed by atoms with Crippen molar-refractivity contribution in [3.8, 4) is 0 Å². The van der Waals surface area contributed by atoms with E-state index in [0.29, 0.717) is 6.61 Å². The lowest BCUT2D eigenvalue weighted by Crippen LogP contribution is -2.13. The van der Waals surface area contributed by atoms with Gasteiger partial charge in [-0.3, -0.25) is 0 Å². The summed E-state index contributed by atoms with van der Waals surface area (Å²) in [5, 5.41) is 3.23. The fourth-order valence-corrected chi connectivity index (χ4v) is 1.54. The van der Waals surface area contributed by atoms with Crippen molar-refractivity contribution in [2.45, 2.75) is 20.0 Å². The number of para-hydroxylation sites is 1. The summed E-state index contributed by atoms with van der Waals surface area (Å²) >= 11 is 3.38. The molecule has 0 heterocycles. The van der Waals surface area contributed by atoms with E-state index < -0.39 is 0 Å². The standard InChI is InChI=1S/C11H17BrN2O/c1-8(2)15-7-6-14-10-5-3-4-9(12)11(10)13/h3-5,8,14H,6-7,13H2,1-2H3. The van der Waals surface area contributed by atoms with Gasteiger partial charge in [0.05, 0.1) is 24.1 Å². The van der Waals surface area contributed by atoms with Gasteiger partial charge in [-0.15, -0.1) is 0 Å². The summed E-state index contributed by atoms with van der Waals surface area (Å²) in [6.45, 7) is 5.49. The van der Waals surface area contributed by atoms with Crippen LogP contribution in [0.5, 0.6) is 0 Å². The van der Waals surface area contributed by atoms with Crippen molar-refractivity contribution in [1.82, 2.24) is 0 Å². The van der Waals surface area contributed by atoms with Gasteiger partial charge in [-0.25, -0.2) is 0 Å². The first-order valence-corrected chi connectivity index (χ1v) is 5.80. The molecule has 1 rings (SSSR count). The van der Waals surface area contributed by atoms with Crippen LogP contribution in [0.15, 0.2) is 22.7 Å². The molecule has 0 amide bonds. The molecule has 1 aromatic carbocycles. The van der Waals surface area contributed by atoms with E-state index in [9.17, 15) is 0 Å². The third-order valence-electron chi connectivity index (χ3n) is 1.92. The molecule has 0 saturated heterocycles. The Hall–Kier alpha value is -0.740. The van der Waals surface area contributed by atoms with Gasteiger partial charge in [-0.1, -0.05) is 6.07 Å². The number of hydrogen-bond acceptors (Lipinski definition) is 3. The minimum Gasteiger partial charge on any atom is -0.396 e. The maximum atomic E-state index is 5.87. The van der Waals surface area contributed by atoms with E-state index in [0.717, 1.165) is 22.4 Å². The summed E-state index contributed by atoms with van der Waals surface area (Å²) in [7, 11) is 0. The Kier molecular flexibility index (Phi) is 4.91. The van der Waals surface area contributed by atoms with Gasteiger partial charge in [0.2, 0.25) is 0 Å². The predicted octanol–water partition coefficient (Wildman–Crippen LogP) is 2.87. The first kappa shape index (κ1) is 12.3. The lowest BCUT2D eigenvalue weighted by Gasteiger charge is -2.11. The molecule has 0 spiro atoms. The molecule has 3 nitrogen and oxygen atoms in total. The van der Waals surface area contributed by atoms with Gasteiger partial charge in [0.15, 0.2) is 0 Å². The summed E-state index contributed by atoms with van der Waals surface area (Å²) < 4.78 is 6.33. The zero-order valence-electron chi connectivity index (χ0n) is 9.09. The molecule has 0 aliphatic carbocycles. The highest BCUT2D eigenvalue weighted by atomic mass is 79.9. The monoisotopic (exact) mass is 272 g/mol. The van der Waals surface area contributed by atoms with Crippen LogP contribution in [0.25, 0.3) is 0 Å². The molecule has 84 valence electrons. The molecule has 0 fully saturated rings. The second-order valence-corrected chi connectivity index (χ2v) is 4.40. The van der Waals surface area contributed by atoms with Crippen LogP contribution >= 0.6 is 15.9 Å². The van der Waals surface area contributed by atoms with Crippen molar-refractivity contribution in [3.63, 3.8) is 0 Å². The first-order chi connectivity index (χ1) is 7.11. The second-order valence-electron chi connectivity index (χ2n) is 3.55. The molecule has 0 bridgehead atoms. The van der Waals surface area contributed by atoms with E-state index in [1.165, 1.54) is 0 Å². The molecule has 15 heavy (non-hydrogen) atoms. The molecular weight excluding hydrogens is 256 g/mol. The van der Waals surface area contributed by atoms with E-state index >= 15 is 0 Å². The number of nitrogens with two attached hydrogens (primary N) is 1. The Morgan fingerprint density at radius 2 is 2.20 bits per heavy atom. The lowest BCUT2D eigenvalue weighted by molar-refractivity contribution is 0.0871. The molecule has 0 aliphatic rings. The largest absolute Gasteiger partial charge is 0.396 e. The van der Waals surface area contributed by atoms with Gasteiger partial charge in [0.1, 0.15) is 0 Å². The van der Waals surface area contributed by atoms with Crippen LogP contribution in [0, 0.1) is 0 Å². The van der Waals surface area contributed by atoms with Crippen molar-refractivity contribution < 1.29 is 4.74 Å². The van der Waals surface area contributed by atoms with Crippen molar-refractivity contribution in [3.05, 3.63) is 22.7 Å². The normalized spacial score (nSPS) is 10.7. The Labute approximate surface area is 99.1 Å². The third-order valence-corrected chi connectivity index (χ3v) is 2.61. The Bertz CT molecular complexity index is 315. The smallest absolute Gasteiger partial charge is 0.0694 e. The highest BCUT2D eigenvalue weighted by Gasteiger charge is 2.01. The van der Waals surface area contributed by atoms with E-state index in [-0.39, 0.29) is 6.10 Å². The van der Waals surface area contributed by atoms with Crippen LogP contribution in [-0.4, -0.2) is 19.3 Å². The molecule has 0 aromatic heterocycles. The van der Waals surface area contributed by atoms with Crippen molar-refractivity contribution in [2.75, 3.05) is 24.2 Å². The fraction of sp³-hybridized carbons (Fsp3) is 0.455. The number of rotatable bonds is 5. The van der Waals surface area contributed by atoms with Crippen molar-refractivity contribution >= 4 is 27.3 Å². The predicted molar refractivity (Wildman–Crippen MR) is 68.1 cm³/mol. The molecular formula is C11H17BrN2O. The zero-order valence-corrected chi connectivity index (χ0v) is 10.7. The van der Waals surface area contributed by atoms with Crippen LogP contribution in [0.4, 0.5) is 11.4 Å². The third kappa shape index (κ3) is 4.10. The number of nitrogens with one attached hydrogen (secondary N) is 1. The van der Waals surface area contributed by atoms with E-state index in [4.69, 9.17) is 10.5 Å². The number of nitrogen functional groups attached to an aromatic ring is 1. The number of halogens is 1. The van der Waals surface area contributed by atoms with Crippen LogP contribution in [-0.2, 0) is 4.74 Å². The second kappa shape index (κ2) is 5.98. The summed E-state index contributed by atoms with van der Waals surface area (Å²) in [5.74, 6) is 0. The van der Waals surface area contributed by atoms with Gasteiger partial charge in [0.25, 0.3) is 0 Å². The number of ether oxygens (including phenoxy) is 1. The molecule has 3 N–H and O–H groups in total. The van der Waals surface area contributed by atoms with Crippen molar-refractivity contribution in [1.29, 1.82) is 0 Å². The SMILES string of the molecule is CC(C)OCCNc1cccc(Br)c1N. The van der Waals surface area contributed by atoms with Gasteiger partial charge in [0, 0.05) is 11.0 Å². The molecule has 0 radical (unpaired) electrons. The van der Waals surface area contributed by atoms with Crippen LogP contribution in [0.2, 0.25) is 0 Å². The highest BCUT2D eigenvalue weighted by molar-refractivity contribution is 9.10. The maximum absolute atomic E-state index is 5.87.